The number of hydrogen-bond acceptors (Lipinski definition) is 4. The molecule has 160 valence electrons. The number of hydrogen-bond donors (Lipinski definition) is 1. The minimum Gasteiger partial charge on any atom is -0.494 e. The average molecular weight is 436 g/mol. The highest BCUT2D eigenvalue weighted by Crippen LogP contribution is 2.33. The molecule has 1 aromatic carbocycles. The monoisotopic (exact) mass is 435 g/mol. The number of nitrogens with two attached hydrogens (primary N) is 1. The summed E-state index contributed by atoms with van der Waals surface area (Å²) >= 11 is 0. The predicted octanol–water partition coefficient (Wildman–Crippen LogP) is 3.23. The van der Waals surface area contributed by atoms with Gasteiger partial charge in [0.05, 0.1) is 13.0 Å². The minimum atomic E-state index is -0.382. The average Bonchev–Trinajstić information content (AvgIpc) is 2.62. The maximum Gasteiger partial charge on any atom is 0.227 e. The van der Waals surface area contributed by atoms with Crippen LogP contribution in [0.1, 0.15) is 38.2 Å². The highest BCUT2D eigenvalue weighted by molar-refractivity contribution is 5.85. The quantitative estimate of drug-likeness (QED) is 0.788. The van der Waals surface area contributed by atoms with Crippen LogP contribution < -0.4 is 10.5 Å². The molecule has 0 radical (unpaired) electrons. The molecule has 1 heterocycles. The molecule has 28 heavy (non-hydrogen) atoms. The van der Waals surface area contributed by atoms with Gasteiger partial charge in [-0.2, -0.15) is 0 Å². The number of amides is 1. The Morgan fingerprint density at radius 3 is 2.50 bits per heavy atom. The largest absolute Gasteiger partial charge is 0.494 e. The third kappa shape index (κ3) is 5.72. The lowest BCUT2D eigenvalue weighted by Crippen LogP contribution is -2.57. The van der Waals surface area contributed by atoms with E-state index in [9.17, 15) is 9.18 Å². The maximum absolute atomic E-state index is 13.8. The molecule has 2 fully saturated rings. The van der Waals surface area contributed by atoms with E-state index in [2.05, 4.69) is 4.90 Å². The maximum atomic E-state index is 13.8. The Balaban J connectivity index is 0.00000196. The number of methoxy groups -OCH3 is 1. The van der Waals surface area contributed by atoms with Gasteiger partial charge >= 0.3 is 0 Å². The predicted molar refractivity (Wildman–Crippen MR) is 114 cm³/mol. The Hall–Kier alpha value is -1.08. The van der Waals surface area contributed by atoms with E-state index in [4.69, 9.17) is 10.5 Å². The first-order chi connectivity index (χ1) is 12.4. The second-order valence-electron chi connectivity index (χ2n) is 7.87. The van der Waals surface area contributed by atoms with Crippen LogP contribution in [-0.4, -0.2) is 54.5 Å². The van der Waals surface area contributed by atoms with Crippen molar-refractivity contribution in [2.75, 3.05) is 33.3 Å². The van der Waals surface area contributed by atoms with Gasteiger partial charge in [-0.1, -0.05) is 18.9 Å². The van der Waals surface area contributed by atoms with Gasteiger partial charge in [-0.05, 0) is 37.5 Å². The summed E-state index contributed by atoms with van der Waals surface area (Å²) in [5.74, 6) is 0.0863. The fraction of sp³-hybridized carbons (Fsp3) is 0.650. The molecule has 8 heteroatoms. The molecular weight excluding hydrogens is 404 g/mol. The zero-order chi connectivity index (χ0) is 18.7. The van der Waals surface area contributed by atoms with E-state index in [1.54, 1.807) is 6.07 Å². The lowest BCUT2D eigenvalue weighted by atomic mass is 9.74. The fourth-order valence-corrected chi connectivity index (χ4v) is 4.18. The van der Waals surface area contributed by atoms with Gasteiger partial charge in [0.2, 0.25) is 5.91 Å². The smallest absolute Gasteiger partial charge is 0.227 e. The second-order valence-corrected chi connectivity index (χ2v) is 7.87. The second kappa shape index (κ2) is 10.6. The molecule has 0 bridgehead atoms. The summed E-state index contributed by atoms with van der Waals surface area (Å²) in [4.78, 5) is 17.1. The molecule has 5 nitrogen and oxygen atoms in total. The van der Waals surface area contributed by atoms with Crippen LogP contribution in [0.3, 0.4) is 0 Å². The highest BCUT2D eigenvalue weighted by Gasteiger charge is 2.40. The number of carbonyl (C=O) groups excluding carboxylic acids is 1. The minimum absolute atomic E-state index is 0. The first kappa shape index (κ1) is 25.0. The first-order valence-electron chi connectivity index (χ1n) is 9.53. The number of rotatable bonds is 4. The third-order valence-electron chi connectivity index (χ3n) is 5.86. The number of benzene rings is 1. The fourth-order valence-electron chi connectivity index (χ4n) is 4.18. The zero-order valence-corrected chi connectivity index (χ0v) is 18.3. The summed E-state index contributed by atoms with van der Waals surface area (Å²) in [6.07, 6.45) is 4.03. The van der Waals surface area contributed by atoms with Crippen LogP contribution in [0.15, 0.2) is 18.2 Å². The van der Waals surface area contributed by atoms with Crippen molar-refractivity contribution in [1.82, 2.24) is 9.80 Å². The van der Waals surface area contributed by atoms with Crippen molar-refractivity contribution in [2.24, 2.45) is 11.7 Å². The molecule has 2 aliphatic rings. The zero-order valence-electron chi connectivity index (χ0n) is 16.7. The molecule has 1 saturated heterocycles. The summed E-state index contributed by atoms with van der Waals surface area (Å²) < 4.78 is 18.8. The van der Waals surface area contributed by atoms with E-state index < -0.39 is 0 Å². The lowest BCUT2D eigenvalue weighted by molar-refractivity contribution is -0.140. The Morgan fingerprint density at radius 1 is 1.25 bits per heavy atom. The van der Waals surface area contributed by atoms with Crippen molar-refractivity contribution >= 4 is 30.7 Å². The Kier molecular flexibility index (Phi) is 9.47. The van der Waals surface area contributed by atoms with Gasteiger partial charge < -0.3 is 15.4 Å². The number of ether oxygens (including phenoxy) is 1. The van der Waals surface area contributed by atoms with E-state index in [1.165, 1.54) is 13.2 Å². The van der Waals surface area contributed by atoms with Crippen molar-refractivity contribution in [2.45, 2.75) is 44.7 Å². The summed E-state index contributed by atoms with van der Waals surface area (Å²) in [5, 5.41) is 0. The third-order valence-corrected chi connectivity index (χ3v) is 5.86. The molecule has 0 aromatic heterocycles. The summed E-state index contributed by atoms with van der Waals surface area (Å²) in [6.45, 7) is 5.72. The molecule has 2 N–H and O–H groups in total. The van der Waals surface area contributed by atoms with Gasteiger partial charge in [0.15, 0.2) is 11.6 Å². The molecule has 1 saturated carbocycles. The van der Waals surface area contributed by atoms with E-state index in [1.807, 2.05) is 17.9 Å². The van der Waals surface area contributed by atoms with Crippen molar-refractivity contribution in [1.29, 1.82) is 0 Å². The molecule has 2 atom stereocenters. The van der Waals surface area contributed by atoms with Gasteiger partial charge in [-0.25, -0.2) is 4.39 Å². The first-order valence-corrected chi connectivity index (χ1v) is 9.53. The SMILES string of the molecule is COc1ccc(CN2CCN(C(=O)C3CCCCC3(C)N)CC2)cc1F.Cl.Cl. The van der Waals surface area contributed by atoms with Gasteiger partial charge in [0.25, 0.3) is 0 Å². The van der Waals surface area contributed by atoms with E-state index in [0.717, 1.165) is 44.3 Å². The van der Waals surface area contributed by atoms with Crippen molar-refractivity contribution in [3.05, 3.63) is 29.6 Å². The molecule has 3 rings (SSSR count). The molecule has 2 unspecified atom stereocenters. The van der Waals surface area contributed by atoms with Crippen LogP contribution in [0.25, 0.3) is 0 Å². The van der Waals surface area contributed by atoms with Gasteiger partial charge in [0, 0.05) is 38.3 Å². The molecule has 0 spiro atoms. The molecule has 1 amide bonds. The van der Waals surface area contributed by atoms with Crippen LogP contribution in [0.2, 0.25) is 0 Å². The number of piperazine rings is 1. The van der Waals surface area contributed by atoms with Gasteiger partial charge in [-0.3, -0.25) is 9.69 Å². The number of carbonyl (C=O) groups is 1. The number of nitrogens with zero attached hydrogens (tertiary/aromatic N) is 2. The Bertz CT molecular complexity index is 652. The molecule has 1 aliphatic carbocycles. The van der Waals surface area contributed by atoms with Crippen LogP contribution in [0.4, 0.5) is 4.39 Å². The Morgan fingerprint density at radius 2 is 1.93 bits per heavy atom. The van der Waals surface area contributed by atoms with Gasteiger partial charge in [-0.15, -0.1) is 24.8 Å². The van der Waals surface area contributed by atoms with E-state index in [0.29, 0.717) is 19.6 Å². The van der Waals surface area contributed by atoms with Gasteiger partial charge in [0.1, 0.15) is 0 Å². The van der Waals surface area contributed by atoms with Crippen LogP contribution >= 0.6 is 24.8 Å². The lowest BCUT2D eigenvalue weighted by Gasteiger charge is -2.42. The molecule has 1 aliphatic heterocycles. The van der Waals surface area contributed by atoms with Crippen LogP contribution in [0.5, 0.6) is 5.75 Å². The van der Waals surface area contributed by atoms with Crippen molar-refractivity contribution in [3.8, 4) is 5.75 Å². The van der Waals surface area contributed by atoms with Crippen LogP contribution in [-0.2, 0) is 11.3 Å². The Labute approximate surface area is 179 Å². The van der Waals surface area contributed by atoms with E-state index >= 15 is 0 Å². The summed E-state index contributed by atoms with van der Waals surface area (Å²) in [6, 6.07) is 5.08. The summed E-state index contributed by atoms with van der Waals surface area (Å²) in [5.41, 5.74) is 6.93. The standard InChI is InChI=1S/C20H30FN3O2.2ClH/c1-20(22)8-4-3-5-16(20)19(25)24-11-9-23(10-12-24)14-15-6-7-18(26-2)17(21)13-15;;/h6-7,13,16H,3-5,8-12,14,22H2,1-2H3;2*1H. The van der Waals surface area contributed by atoms with Crippen LogP contribution in [0, 0.1) is 11.7 Å². The van der Waals surface area contributed by atoms with Crippen molar-refractivity contribution < 1.29 is 13.9 Å². The molecule has 1 aromatic rings. The number of halogens is 3. The normalized spacial score (nSPS) is 25.4. The van der Waals surface area contributed by atoms with Crippen molar-refractivity contribution in [3.63, 3.8) is 0 Å². The van der Waals surface area contributed by atoms with E-state index in [-0.39, 0.29) is 53.7 Å². The topological polar surface area (TPSA) is 58.8 Å². The summed E-state index contributed by atoms with van der Waals surface area (Å²) in [7, 11) is 1.47. The highest BCUT2D eigenvalue weighted by atomic mass is 35.5. The molecular formula is C20H32Cl2FN3O2.